The summed E-state index contributed by atoms with van der Waals surface area (Å²) in [6.07, 6.45) is 2.49. The van der Waals surface area contributed by atoms with Crippen LogP contribution in [-0.2, 0) is 18.3 Å². The second-order valence-electron chi connectivity index (χ2n) is 7.80. The maximum Gasteiger partial charge on any atom is 0.194 e. The molecule has 2 fully saturated rings. The van der Waals surface area contributed by atoms with Crippen molar-refractivity contribution in [3.8, 4) is 0 Å². The molecule has 4 rings (SSSR count). The van der Waals surface area contributed by atoms with Gasteiger partial charge in [0.15, 0.2) is 11.8 Å². The highest BCUT2D eigenvalue weighted by Gasteiger charge is 2.23. The maximum absolute atomic E-state index is 6.39. The van der Waals surface area contributed by atoms with Crippen LogP contribution in [0.15, 0.2) is 29.3 Å². The van der Waals surface area contributed by atoms with Gasteiger partial charge in [0.25, 0.3) is 0 Å². The van der Waals surface area contributed by atoms with Crippen LogP contribution in [0.3, 0.4) is 0 Å². The van der Waals surface area contributed by atoms with Crippen molar-refractivity contribution in [3.63, 3.8) is 0 Å². The van der Waals surface area contributed by atoms with Crippen LogP contribution in [0.1, 0.15) is 24.5 Å². The Morgan fingerprint density at radius 3 is 2.65 bits per heavy atom. The van der Waals surface area contributed by atoms with Gasteiger partial charge >= 0.3 is 0 Å². The molecule has 10 heteroatoms. The molecule has 0 radical (unpaired) electrons. The smallest absolute Gasteiger partial charge is 0.194 e. The van der Waals surface area contributed by atoms with Gasteiger partial charge in [-0.15, -0.1) is 34.2 Å². The third kappa shape index (κ3) is 6.01. The van der Waals surface area contributed by atoms with Gasteiger partial charge < -0.3 is 24.4 Å². The lowest BCUT2D eigenvalue weighted by molar-refractivity contribution is 0.113. The van der Waals surface area contributed by atoms with Gasteiger partial charge in [0, 0.05) is 46.4 Å². The van der Waals surface area contributed by atoms with Crippen LogP contribution in [0, 0.1) is 6.92 Å². The molecule has 1 atom stereocenters. The Morgan fingerprint density at radius 1 is 1.23 bits per heavy atom. The third-order valence-corrected chi connectivity index (χ3v) is 6.16. The maximum atomic E-state index is 6.39. The molecule has 31 heavy (non-hydrogen) atoms. The van der Waals surface area contributed by atoms with E-state index in [4.69, 9.17) is 21.3 Å². The van der Waals surface area contributed by atoms with Crippen molar-refractivity contribution in [1.29, 1.82) is 0 Å². The summed E-state index contributed by atoms with van der Waals surface area (Å²) in [4.78, 5) is 9.52. The standard InChI is InChI=1S/C21H30ClN7O.HI/c1-16-25-26-20(27(16)2)15-24-21(23-14-17-6-5-13-30-17)29-11-9-28(10-12-29)19-8-4-3-7-18(19)22;/h3-4,7-8,17H,5-6,9-15H2,1-2H3,(H,23,24);1H. The fourth-order valence-corrected chi connectivity index (χ4v) is 4.14. The average molecular weight is 560 g/mol. The summed E-state index contributed by atoms with van der Waals surface area (Å²) >= 11 is 6.39. The van der Waals surface area contributed by atoms with E-state index in [-0.39, 0.29) is 30.1 Å². The molecule has 0 spiro atoms. The molecule has 1 unspecified atom stereocenters. The zero-order valence-electron chi connectivity index (χ0n) is 18.1. The van der Waals surface area contributed by atoms with Gasteiger partial charge in [-0.05, 0) is 31.9 Å². The van der Waals surface area contributed by atoms with Crippen LogP contribution >= 0.6 is 35.6 Å². The van der Waals surface area contributed by atoms with E-state index >= 15 is 0 Å². The second kappa shape index (κ2) is 11.3. The van der Waals surface area contributed by atoms with E-state index in [9.17, 15) is 0 Å². The lowest BCUT2D eigenvalue weighted by Crippen LogP contribution is -2.53. The van der Waals surface area contributed by atoms with E-state index in [1.165, 1.54) is 0 Å². The van der Waals surface area contributed by atoms with Crippen LogP contribution in [0.2, 0.25) is 5.02 Å². The minimum absolute atomic E-state index is 0. The van der Waals surface area contributed by atoms with Gasteiger partial charge in [0.05, 0.1) is 16.8 Å². The van der Waals surface area contributed by atoms with Gasteiger partial charge in [0.1, 0.15) is 12.4 Å². The summed E-state index contributed by atoms with van der Waals surface area (Å²) < 4.78 is 7.76. The lowest BCUT2D eigenvalue weighted by Gasteiger charge is -2.38. The van der Waals surface area contributed by atoms with Gasteiger partial charge in [-0.1, -0.05) is 23.7 Å². The Kier molecular flexibility index (Phi) is 8.79. The van der Waals surface area contributed by atoms with Crippen LogP contribution in [0.5, 0.6) is 0 Å². The fraction of sp³-hybridized carbons (Fsp3) is 0.571. The van der Waals surface area contributed by atoms with Crippen LogP contribution in [0.25, 0.3) is 0 Å². The molecule has 1 aromatic carbocycles. The number of hydrogen-bond donors (Lipinski definition) is 1. The fourth-order valence-electron chi connectivity index (χ4n) is 3.88. The lowest BCUT2D eigenvalue weighted by atomic mass is 10.2. The molecule has 170 valence electrons. The van der Waals surface area contributed by atoms with Crippen LogP contribution < -0.4 is 10.2 Å². The zero-order chi connectivity index (χ0) is 20.9. The van der Waals surface area contributed by atoms with Crippen molar-refractivity contribution in [2.45, 2.75) is 32.4 Å². The van der Waals surface area contributed by atoms with Crippen LogP contribution in [-0.4, -0.2) is 71.1 Å². The number of piperazine rings is 1. The number of para-hydroxylation sites is 1. The molecule has 0 bridgehead atoms. The zero-order valence-corrected chi connectivity index (χ0v) is 21.2. The molecular formula is C21H31ClIN7O. The average Bonchev–Trinajstić information content (AvgIpc) is 3.40. The highest BCUT2D eigenvalue weighted by Crippen LogP contribution is 2.26. The molecule has 0 saturated carbocycles. The van der Waals surface area contributed by atoms with E-state index < -0.39 is 0 Å². The molecule has 0 amide bonds. The first-order chi connectivity index (χ1) is 14.6. The van der Waals surface area contributed by atoms with Gasteiger partial charge in [-0.3, -0.25) is 0 Å². The first kappa shape index (κ1) is 24.1. The number of nitrogens with one attached hydrogen (secondary N) is 1. The predicted octanol–water partition coefficient (Wildman–Crippen LogP) is 2.84. The van der Waals surface area contributed by atoms with Gasteiger partial charge in [-0.25, -0.2) is 4.99 Å². The Labute approximate surface area is 206 Å². The summed E-state index contributed by atoms with van der Waals surface area (Å²) in [5, 5.41) is 12.7. The van der Waals surface area contributed by atoms with E-state index in [0.717, 1.165) is 80.5 Å². The highest BCUT2D eigenvalue weighted by molar-refractivity contribution is 14.0. The van der Waals surface area contributed by atoms with Crippen molar-refractivity contribution in [2.75, 3.05) is 44.2 Å². The number of guanidine groups is 1. The number of benzene rings is 1. The van der Waals surface area contributed by atoms with E-state index in [1.54, 1.807) is 0 Å². The molecule has 2 aromatic rings. The van der Waals surface area contributed by atoms with Crippen molar-refractivity contribution < 1.29 is 4.74 Å². The highest BCUT2D eigenvalue weighted by atomic mass is 127. The third-order valence-electron chi connectivity index (χ3n) is 5.84. The quantitative estimate of drug-likeness (QED) is 0.345. The monoisotopic (exact) mass is 559 g/mol. The molecule has 0 aliphatic carbocycles. The number of nitrogens with zero attached hydrogens (tertiary/aromatic N) is 6. The van der Waals surface area contributed by atoms with Gasteiger partial charge in [-0.2, -0.15) is 0 Å². The SMILES string of the molecule is Cc1nnc(CN=C(NCC2CCCO2)N2CCN(c3ccccc3Cl)CC2)n1C.I. The number of hydrogen-bond acceptors (Lipinski definition) is 5. The molecule has 2 saturated heterocycles. The summed E-state index contributed by atoms with van der Waals surface area (Å²) in [5.74, 6) is 2.66. The summed E-state index contributed by atoms with van der Waals surface area (Å²) in [5.41, 5.74) is 1.10. The number of ether oxygens (including phenoxy) is 1. The Balaban J connectivity index is 0.00000272. The number of aryl methyl sites for hydroxylation is 1. The summed E-state index contributed by atoms with van der Waals surface area (Å²) in [6, 6.07) is 8.03. The van der Waals surface area contributed by atoms with Crippen LogP contribution in [0.4, 0.5) is 5.69 Å². The topological polar surface area (TPSA) is 70.8 Å². The second-order valence-corrected chi connectivity index (χ2v) is 8.21. The minimum atomic E-state index is 0. The number of rotatable bonds is 5. The Bertz CT molecular complexity index is 876. The van der Waals surface area contributed by atoms with E-state index in [0.29, 0.717) is 6.54 Å². The number of anilines is 1. The van der Waals surface area contributed by atoms with Crippen molar-refractivity contribution in [2.24, 2.45) is 12.0 Å². The van der Waals surface area contributed by atoms with E-state index in [2.05, 4.69) is 31.4 Å². The predicted molar refractivity (Wildman–Crippen MR) is 135 cm³/mol. The normalized spacial score (nSPS) is 19.5. The number of aliphatic imine (C=N–C) groups is 1. The molecule has 8 nitrogen and oxygen atoms in total. The van der Waals surface area contributed by atoms with E-state index in [1.807, 2.05) is 36.7 Å². The van der Waals surface area contributed by atoms with Crippen molar-refractivity contribution >= 4 is 47.2 Å². The number of aromatic nitrogens is 3. The molecule has 3 heterocycles. The Hall–Kier alpha value is -1.59. The molecule has 1 aromatic heterocycles. The summed E-state index contributed by atoms with van der Waals surface area (Å²) in [7, 11) is 1.97. The molecule has 2 aliphatic rings. The van der Waals surface area contributed by atoms with Crippen molar-refractivity contribution in [3.05, 3.63) is 40.9 Å². The first-order valence-electron chi connectivity index (χ1n) is 10.6. The minimum Gasteiger partial charge on any atom is -0.376 e. The van der Waals surface area contributed by atoms with Crippen molar-refractivity contribution in [1.82, 2.24) is 25.0 Å². The Morgan fingerprint density at radius 2 is 2.00 bits per heavy atom. The van der Waals surface area contributed by atoms with Gasteiger partial charge in [0.2, 0.25) is 0 Å². The molecular weight excluding hydrogens is 529 g/mol. The molecule has 1 N–H and O–H groups in total. The summed E-state index contributed by atoms with van der Waals surface area (Å²) in [6.45, 7) is 7.62. The number of halogens is 2. The first-order valence-corrected chi connectivity index (χ1v) is 11.0. The largest absolute Gasteiger partial charge is 0.376 e. The molecule has 2 aliphatic heterocycles.